The van der Waals surface area contributed by atoms with Crippen molar-refractivity contribution in [2.75, 3.05) is 45.3 Å². The zero-order valence-electron chi connectivity index (χ0n) is 27.6. The number of carboxylic acid groups (broad SMARTS) is 1. The highest BCUT2D eigenvalue weighted by Crippen LogP contribution is 2.44. The summed E-state index contributed by atoms with van der Waals surface area (Å²) in [5.41, 5.74) is -0.735. The van der Waals surface area contributed by atoms with E-state index in [2.05, 4.69) is 0 Å². The van der Waals surface area contributed by atoms with Crippen LogP contribution in [0.2, 0.25) is 0 Å². The van der Waals surface area contributed by atoms with Crippen molar-refractivity contribution in [3.63, 3.8) is 0 Å². The lowest BCUT2D eigenvalue weighted by molar-refractivity contribution is -0.300. The molecular formula is C32H40FN3O12. The first-order chi connectivity index (χ1) is 22.7. The van der Waals surface area contributed by atoms with E-state index in [1.807, 2.05) is 16.7 Å². The molecule has 2 saturated heterocycles. The average molecular weight is 678 g/mol. The maximum Gasteiger partial charge on any atom is 0.341 e. The molecule has 1 aliphatic carbocycles. The summed E-state index contributed by atoms with van der Waals surface area (Å²) < 4.78 is 51.5. The minimum Gasteiger partial charge on any atom is -0.492 e. The second-order valence-corrected chi connectivity index (χ2v) is 12.2. The van der Waals surface area contributed by atoms with Crippen molar-refractivity contribution in [3.05, 3.63) is 33.9 Å². The predicted octanol–water partition coefficient (Wildman–Crippen LogP) is 1.86. The van der Waals surface area contributed by atoms with Crippen LogP contribution in [0.4, 0.5) is 10.1 Å². The van der Waals surface area contributed by atoms with E-state index >= 15 is 4.39 Å². The van der Waals surface area contributed by atoms with Gasteiger partial charge in [0, 0.05) is 72.3 Å². The predicted molar refractivity (Wildman–Crippen MR) is 166 cm³/mol. The third-order valence-corrected chi connectivity index (χ3v) is 8.80. The molecule has 16 heteroatoms. The number of carboxylic acids is 1. The molecule has 3 heterocycles. The number of nitrogens with zero attached hydrogens (tertiary/aromatic N) is 3. The number of hydrogen-bond acceptors (Lipinski definition) is 13. The Morgan fingerprint density at radius 3 is 2.15 bits per heavy atom. The van der Waals surface area contributed by atoms with Crippen molar-refractivity contribution < 1.29 is 57.1 Å². The van der Waals surface area contributed by atoms with Crippen LogP contribution in [-0.4, -0.2) is 116 Å². The quantitative estimate of drug-likeness (QED) is 0.285. The molecule has 0 spiro atoms. The van der Waals surface area contributed by atoms with Gasteiger partial charge in [0.25, 0.3) is 0 Å². The number of ether oxygens (including phenoxy) is 6. The van der Waals surface area contributed by atoms with Crippen LogP contribution in [-0.2, 0) is 38.1 Å². The van der Waals surface area contributed by atoms with Gasteiger partial charge < -0.3 is 43.0 Å². The van der Waals surface area contributed by atoms with Gasteiger partial charge >= 0.3 is 23.9 Å². The lowest BCUT2D eigenvalue weighted by atomic mass is 9.96. The minimum absolute atomic E-state index is 0.0398. The maximum atomic E-state index is 15.9. The van der Waals surface area contributed by atoms with Gasteiger partial charge in [-0.25, -0.2) is 9.18 Å². The molecule has 1 unspecified atom stereocenters. The molecule has 2 aliphatic heterocycles. The van der Waals surface area contributed by atoms with Gasteiger partial charge in [-0.1, -0.05) is 0 Å². The Bertz CT molecular complexity index is 1660. The number of rotatable bonds is 10. The van der Waals surface area contributed by atoms with E-state index in [-0.39, 0.29) is 35.5 Å². The molecule has 2 aromatic rings. The highest BCUT2D eigenvalue weighted by Gasteiger charge is 2.52. The molecule has 1 aromatic carbocycles. The van der Waals surface area contributed by atoms with Crippen LogP contribution in [0.25, 0.3) is 10.9 Å². The Kier molecular flexibility index (Phi) is 10.3. The van der Waals surface area contributed by atoms with Crippen LogP contribution in [0.3, 0.4) is 0 Å². The number of fused-ring (bicyclic) bond motifs is 1. The van der Waals surface area contributed by atoms with Gasteiger partial charge in [-0.05, 0) is 25.8 Å². The highest BCUT2D eigenvalue weighted by atomic mass is 19.1. The van der Waals surface area contributed by atoms with Gasteiger partial charge in [0.15, 0.2) is 36.2 Å². The fraction of sp³-hybridized carbons (Fsp3) is 0.594. The van der Waals surface area contributed by atoms with E-state index in [1.54, 1.807) is 4.57 Å². The molecule has 1 aromatic heterocycles. The monoisotopic (exact) mass is 677 g/mol. The van der Waals surface area contributed by atoms with Crippen LogP contribution in [0.15, 0.2) is 17.1 Å². The van der Waals surface area contributed by atoms with Crippen LogP contribution in [0.5, 0.6) is 5.75 Å². The van der Waals surface area contributed by atoms with Crippen LogP contribution in [0, 0.1) is 5.82 Å². The van der Waals surface area contributed by atoms with Crippen molar-refractivity contribution >= 4 is 40.5 Å². The van der Waals surface area contributed by atoms with Crippen molar-refractivity contribution in [1.29, 1.82) is 0 Å². The number of pyridine rings is 1. The molecule has 15 nitrogen and oxygen atoms in total. The highest BCUT2D eigenvalue weighted by molar-refractivity contribution is 5.97. The Labute approximate surface area is 275 Å². The summed E-state index contributed by atoms with van der Waals surface area (Å²) in [5, 5.41) is 9.56. The van der Waals surface area contributed by atoms with Gasteiger partial charge in [-0.2, -0.15) is 0 Å². The first-order valence-corrected chi connectivity index (χ1v) is 15.6. The Morgan fingerprint density at radius 1 is 0.979 bits per heavy atom. The average Bonchev–Trinajstić information content (AvgIpc) is 3.85. The third kappa shape index (κ3) is 6.96. The molecule has 5 rings (SSSR count). The molecule has 3 fully saturated rings. The second-order valence-electron chi connectivity index (χ2n) is 12.2. The lowest BCUT2D eigenvalue weighted by Gasteiger charge is -2.47. The van der Waals surface area contributed by atoms with Crippen LogP contribution in [0.1, 0.15) is 56.9 Å². The fourth-order valence-corrected chi connectivity index (χ4v) is 6.62. The van der Waals surface area contributed by atoms with Crippen molar-refractivity contribution in [2.45, 2.75) is 83.3 Å². The Hall–Kier alpha value is -4.28. The molecule has 1 N–H and O–H groups in total. The van der Waals surface area contributed by atoms with Gasteiger partial charge in [-0.15, -0.1) is 0 Å². The summed E-state index contributed by atoms with van der Waals surface area (Å²) in [7, 11) is 2.72. The molecule has 1 saturated carbocycles. The first-order valence-electron chi connectivity index (χ1n) is 15.6. The van der Waals surface area contributed by atoms with E-state index in [0.29, 0.717) is 25.2 Å². The van der Waals surface area contributed by atoms with Gasteiger partial charge in [0.05, 0.1) is 18.0 Å². The first kappa shape index (κ1) is 35.0. The molecule has 48 heavy (non-hydrogen) atoms. The smallest absolute Gasteiger partial charge is 0.341 e. The summed E-state index contributed by atoms with van der Waals surface area (Å²) in [6.45, 7) is 6.64. The van der Waals surface area contributed by atoms with E-state index < -0.39 is 71.4 Å². The summed E-state index contributed by atoms with van der Waals surface area (Å²) in [5.74, 6) is -4.01. The number of esters is 3. The van der Waals surface area contributed by atoms with Crippen LogP contribution < -0.4 is 15.1 Å². The van der Waals surface area contributed by atoms with E-state index in [1.165, 1.54) is 41.2 Å². The van der Waals surface area contributed by atoms with Crippen molar-refractivity contribution in [1.82, 2.24) is 9.47 Å². The molecule has 0 bridgehead atoms. The summed E-state index contributed by atoms with van der Waals surface area (Å²) >= 11 is 0. The number of carbonyl (C=O) groups excluding carboxylic acids is 3. The fourth-order valence-electron chi connectivity index (χ4n) is 6.62. The Morgan fingerprint density at radius 2 is 1.60 bits per heavy atom. The number of aromatic carboxylic acids is 1. The molecule has 0 radical (unpaired) electrons. The summed E-state index contributed by atoms with van der Waals surface area (Å²) in [6, 6.07) is 0.804. The third-order valence-electron chi connectivity index (χ3n) is 8.80. The normalized spacial score (nSPS) is 26.2. The molecule has 262 valence electrons. The number of hydrogen-bond donors (Lipinski definition) is 1. The van der Waals surface area contributed by atoms with E-state index in [0.717, 1.165) is 18.9 Å². The largest absolute Gasteiger partial charge is 0.492 e. The number of halogens is 1. The second kappa shape index (κ2) is 14.1. The van der Waals surface area contributed by atoms with E-state index in [9.17, 15) is 29.1 Å². The number of methoxy groups -OCH3 is 2. The zero-order chi connectivity index (χ0) is 35.0. The van der Waals surface area contributed by atoms with E-state index in [4.69, 9.17) is 28.4 Å². The Balaban J connectivity index is 1.44. The lowest BCUT2D eigenvalue weighted by Crippen LogP contribution is -2.65. The topological polar surface area (TPSA) is 172 Å². The molecule has 3 aliphatic rings. The summed E-state index contributed by atoms with van der Waals surface area (Å²) in [6.07, 6.45) is -2.75. The number of carbonyl (C=O) groups is 4. The van der Waals surface area contributed by atoms with Gasteiger partial charge in [0.2, 0.25) is 5.43 Å². The standard InChI is InChI=1S/C32H40FN3O12/c1-15-12-35(25-22(33)11-20-24(28(25)43-5)36(19-7-8-19)13-21(26(20)40)31(41)42)10-9-34(15)14-23-27(45-16(2)37)29(46-17(3)38)30(47-18(4)39)32(44-6)48-23/h11,13,15,19,23,27,29-30,32H,7-10,12,14H2,1-6H3,(H,41,42)/t15?,23-,27-,29+,30-,32+/m1/s1. The van der Waals surface area contributed by atoms with Crippen molar-refractivity contribution in [2.24, 2.45) is 0 Å². The zero-order valence-corrected chi connectivity index (χ0v) is 27.6. The number of benzene rings is 1. The molecular weight excluding hydrogens is 637 g/mol. The number of anilines is 1. The summed E-state index contributed by atoms with van der Waals surface area (Å²) in [4.78, 5) is 65.0. The maximum absolute atomic E-state index is 15.9. The molecule has 6 atom stereocenters. The molecule has 0 amide bonds. The van der Waals surface area contributed by atoms with Crippen molar-refractivity contribution in [3.8, 4) is 5.75 Å². The van der Waals surface area contributed by atoms with Gasteiger partial charge in [-0.3, -0.25) is 24.1 Å². The van der Waals surface area contributed by atoms with Crippen LogP contribution >= 0.6 is 0 Å². The minimum atomic E-state index is -1.39. The number of aromatic nitrogens is 1. The number of piperazine rings is 1. The van der Waals surface area contributed by atoms with Gasteiger partial charge in [0.1, 0.15) is 17.4 Å². The SMILES string of the molecule is COc1c(N2CCN(C[C@H]3O[C@H](OC)[C@H](OC(C)=O)[C@@H](OC(C)=O)[C@@H]3OC(C)=O)C(C)C2)c(F)cc2c(=O)c(C(=O)O)cn(C3CC3)c12.